The highest BCUT2D eigenvalue weighted by molar-refractivity contribution is 5.96. The van der Waals surface area contributed by atoms with Crippen molar-refractivity contribution in [3.63, 3.8) is 0 Å². The van der Waals surface area contributed by atoms with Gasteiger partial charge in [-0.3, -0.25) is 19.1 Å². The van der Waals surface area contributed by atoms with E-state index in [0.29, 0.717) is 42.1 Å². The second-order valence-electron chi connectivity index (χ2n) is 6.84. The fourth-order valence-corrected chi connectivity index (χ4v) is 3.40. The van der Waals surface area contributed by atoms with Gasteiger partial charge in [0.1, 0.15) is 11.3 Å². The molecule has 160 valence electrons. The molecule has 0 saturated heterocycles. The van der Waals surface area contributed by atoms with Crippen LogP contribution in [0.4, 0.5) is 5.82 Å². The summed E-state index contributed by atoms with van der Waals surface area (Å²) in [6, 6.07) is 6.94. The Hall–Kier alpha value is -3.95. The highest BCUT2D eigenvalue weighted by Crippen LogP contribution is 2.37. The predicted octanol–water partition coefficient (Wildman–Crippen LogP) is 1.85. The second kappa shape index (κ2) is 8.82. The summed E-state index contributed by atoms with van der Waals surface area (Å²) in [7, 11) is 1.51. The van der Waals surface area contributed by atoms with Crippen molar-refractivity contribution in [1.29, 1.82) is 0 Å². The lowest BCUT2D eigenvalue weighted by molar-refractivity contribution is -0.137. The molecule has 1 aromatic carbocycles. The molecule has 0 saturated carbocycles. The number of pyridine rings is 1. The number of fused-ring (bicyclic) bond motifs is 3. The highest BCUT2D eigenvalue weighted by Gasteiger charge is 2.20. The number of anilines is 1. The van der Waals surface area contributed by atoms with Crippen LogP contribution < -0.4 is 20.4 Å². The van der Waals surface area contributed by atoms with E-state index >= 15 is 0 Å². The molecule has 1 amide bonds. The van der Waals surface area contributed by atoms with E-state index < -0.39 is 11.9 Å². The van der Waals surface area contributed by atoms with Gasteiger partial charge in [-0.2, -0.15) is 4.99 Å². The Kier molecular flexibility index (Phi) is 5.78. The Balaban J connectivity index is 1.78. The van der Waals surface area contributed by atoms with E-state index in [-0.39, 0.29) is 18.6 Å². The predicted molar refractivity (Wildman–Crippen MR) is 111 cm³/mol. The number of amides is 1. The summed E-state index contributed by atoms with van der Waals surface area (Å²) in [5.41, 5.74) is 1.12. The fourth-order valence-electron chi connectivity index (χ4n) is 3.40. The van der Waals surface area contributed by atoms with Gasteiger partial charge >= 0.3 is 5.97 Å². The first-order valence-electron chi connectivity index (χ1n) is 9.77. The number of hydrogen-bond donors (Lipinski definition) is 2. The van der Waals surface area contributed by atoms with Gasteiger partial charge in [-0.15, -0.1) is 0 Å². The number of hydrogen-bond acceptors (Lipinski definition) is 7. The molecule has 10 nitrogen and oxygen atoms in total. The van der Waals surface area contributed by atoms with Crippen LogP contribution >= 0.6 is 0 Å². The first-order chi connectivity index (χ1) is 15.1. The van der Waals surface area contributed by atoms with Crippen LogP contribution in [-0.4, -0.2) is 51.8 Å². The number of aliphatic carboxylic acids is 1. The van der Waals surface area contributed by atoms with Crippen LogP contribution in [0.2, 0.25) is 0 Å². The minimum absolute atomic E-state index is 0.0156. The van der Waals surface area contributed by atoms with Crippen molar-refractivity contribution in [1.82, 2.24) is 14.5 Å². The molecule has 3 aromatic rings. The highest BCUT2D eigenvalue weighted by atomic mass is 16.5. The van der Waals surface area contributed by atoms with Crippen molar-refractivity contribution in [2.45, 2.75) is 19.4 Å². The number of carboxylic acid groups (broad SMARTS) is 1. The summed E-state index contributed by atoms with van der Waals surface area (Å²) in [5, 5.41) is 12.9. The van der Waals surface area contributed by atoms with E-state index in [1.165, 1.54) is 13.3 Å². The van der Waals surface area contributed by atoms with Crippen molar-refractivity contribution >= 4 is 28.6 Å². The van der Waals surface area contributed by atoms with Crippen LogP contribution in [0.1, 0.15) is 23.2 Å². The molecular formula is C21H21N5O5. The average molecular weight is 423 g/mol. The molecule has 2 N–H and O–H groups in total. The fraction of sp³-hybridized carbons (Fsp3) is 0.286. The number of carboxylic acids is 1. The van der Waals surface area contributed by atoms with Crippen LogP contribution in [0.15, 0.2) is 41.7 Å². The molecule has 0 bridgehead atoms. The zero-order chi connectivity index (χ0) is 21.8. The lowest BCUT2D eigenvalue weighted by Gasteiger charge is -2.14. The number of methoxy groups -OCH3 is 1. The number of nitrogens with zero attached hydrogens (tertiary/aromatic N) is 4. The van der Waals surface area contributed by atoms with Crippen molar-refractivity contribution in [2.24, 2.45) is 4.99 Å². The smallest absolute Gasteiger partial charge is 0.303 e. The number of nitrogens with one attached hydrogen (secondary N) is 1. The van der Waals surface area contributed by atoms with Gasteiger partial charge in [0.2, 0.25) is 5.62 Å². The van der Waals surface area contributed by atoms with E-state index in [9.17, 15) is 9.59 Å². The normalized spacial score (nSPS) is 13.0. The van der Waals surface area contributed by atoms with Crippen LogP contribution in [0.25, 0.3) is 10.9 Å². The number of rotatable bonds is 7. The van der Waals surface area contributed by atoms with E-state index in [1.807, 2.05) is 10.6 Å². The SMILES string of the molecule is COc1c(OCCCC(=O)O)ccc2c3n(c(=NC(=O)c4cccnc4)nc12)CCN3. The third-order valence-electron chi connectivity index (χ3n) is 4.81. The third-order valence-corrected chi connectivity index (χ3v) is 4.81. The van der Waals surface area contributed by atoms with Crippen molar-refractivity contribution < 1.29 is 24.2 Å². The lowest BCUT2D eigenvalue weighted by Crippen LogP contribution is -2.25. The number of carbonyl (C=O) groups is 2. The molecule has 10 heteroatoms. The monoisotopic (exact) mass is 423 g/mol. The molecule has 3 heterocycles. The summed E-state index contributed by atoms with van der Waals surface area (Å²) < 4.78 is 13.1. The van der Waals surface area contributed by atoms with Gasteiger partial charge < -0.3 is 19.9 Å². The van der Waals surface area contributed by atoms with Gasteiger partial charge in [0.05, 0.1) is 19.3 Å². The molecule has 4 rings (SSSR count). The molecule has 0 radical (unpaired) electrons. The summed E-state index contributed by atoms with van der Waals surface area (Å²) >= 11 is 0. The number of benzene rings is 1. The number of ether oxygens (including phenoxy) is 2. The Bertz CT molecular complexity index is 1210. The zero-order valence-corrected chi connectivity index (χ0v) is 16.9. The summed E-state index contributed by atoms with van der Waals surface area (Å²) in [5.74, 6) is 0.314. The molecule has 1 aliphatic heterocycles. The van der Waals surface area contributed by atoms with Gasteiger partial charge in [0, 0.05) is 37.3 Å². The molecule has 0 aliphatic carbocycles. The molecule has 0 atom stereocenters. The quantitative estimate of drug-likeness (QED) is 0.551. The maximum atomic E-state index is 12.6. The van der Waals surface area contributed by atoms with Crippen molar-refractivity contribution in [2.75, 3.05) is 25.6 Å². The maximum absolute atomic E-state index is 12.6. The Morgan fingerprint density at radius 3 is 2.94 bits per heavy atom. The van der Waals surface area contributed by atoms with E-state index in [4.69, 9.17) is 14.6 Å². The van der Waals surface area contributed by atoms with Gasteiger partial charge in [-0.05, 0) is 30.7 Å². The first-order valence-corrected chi connectivity index (χ1v) is 9.77. The Labute approximate surface area is 177 Å². The topological polar surface area (TPSA) is 128 Å². The summed E-state index contributed by atoms with van der Waals surface area (Å²) in [6.07, 6.45) is 3.43. The van der Waals surface area contributed by atoms with Gasteiger partial charge in [-0.1, -0.05) is 0 Å². The van der Waals surface area contributed by atoms with Crippen LogP contribution in [0.3, 0.4) is 0 Å². The number of carbonyl (C=O) groups excluding carboxylic acids is 1. The van der Waals surface area contributed by atoms with Gasteiger partial charge in [0.25, 0.3) is 5.91 Å². The minimum atomic E-state index is -0.876. The zero-order valence-electron chi connectivity index (χ0n) is 16.9. The molecule has 1 aliphatic rings. The van der Waals surface area contributed by atoms with Crippen LogP contribution in [0.5, 0.6) is 11.5 Å². The molecular weight excluding hydrogens is 402 g/mol. The third kappa shape index (κ3) is 4.18. The molecule has 0 spiro atoms. The second-order valence-corrected chi connectivity index (χ2v) is 6.84. The minimum Gasteiger partial charge on any atom is -0.491 e. The molecule has 0 unspecified atom stereocenters. The molecule has 31 heavy (non-hydrogen) atoms. The summed E-state index contributed by atoms with van der Waals surface area (Å²) in [6.45, 7) is 1.52. The van der Waals surface area contributed by atoms with Crippen molar-refractivity contribution in [3.8, 4) is 11.5 Å². The molecule has 0 fully saturated rings. The van der Waals surface area contributed by atoms with Gasteiger partial charge in [0.15, 0.2) is 11.5 Å². The maximum Gasteiger partial charge on any atom is 0.303 e. The first kappa shape index (κ1) is 20.3. The average Bonchev–Trinajstić information content (AvgIpc) is 3.27. The largest absolute Gasteiger partial charge is 0.491 e. The van der Waals surface area contributed by atoms with Crippen LogP contribution in [0, 0.1) is 0 Å². The van der Waals surface area contributed by atoms with E-state index in [1.54, 1.807) is 24.4 Å². The van der Waals surface area contributed by atoms with Crippen LogP contribution in [-0.2, 0) is 11.3 Å². The summed E-state index contributed by atoms with van der Waals surface area (Å²) in [4.78, 5) is 36.1. The Morgan fingerprint density at radius 1 is 1.32 bits per heavy atom. The Morgan fingerprint density at radius 2 is 2.19 bits per heavy atom. The van der Waals surface area contributed by atoms with E-state index in [2.05, 4.69) is 20.3 Å². The standard InChI is InChI=1S/C21H21N5O5/c1-30-18-15(31-11-3-5-16(27)28)7-6-14-17(18)24-21(26-10-9-23-19(14)26)25-20(29)13-4-2-8-22-12-13/h2,4,6-8,12,23H,3,5,9-11H2,1H3,(H,27,28). The van der Waals surface area contributed by atoms with Gasteiger partial charge in [-0.25, -0.2) is 4.98 Å². The van der Waals surface area contributed by atoms with E-state index in [0.717, 1.165) is 11.2 Å². The lowest BCUT2D eigenvalue weighted by atomic mass is 10.2. The molecule has 2 aromatic heterocycles. The number of aromatic nitrogens is 3. The van der Waals surface area contributed by atoms with Crippen molar-refractivity contribution in [3.05, 3.63) is 47.8 Å².